The molecular weight excluding hydrogens is 152 g/mol. The van der Waals surface area contributed by atoms with E-state index >= 15 is 0 Å². The molecule has 70 valence electrons. The zero-order valence-corrected chi connectivity index (χ0v) is 7.97. The molecule has 0 amide bonds. The lowest BCUT2D eigenvalue weighted by atomic mass is 10.1. The van der Waals surface area contributed by atoms with E-state index < -0.39 is 5.54 Å². The molecule has 3 heteroatoms. The van der Waals surface area contributed by atoms with Gasteiger partial charge in [0.15, 0.2) is 5.78 Å². The zero-order chi connectivity index (χ0) is 9.19. The summed E-state index contributed by atoms with van der Waals surface area (Å²) in [6, 6.07) is 0. The first-order valence-corrected chi connectivity index (χ1v) is 4.51. The van der Waals surface area contributed by atoms with Crippen molar-refractivity contribution in [1.82, 2.24) is 4.90 Å². The van der Waals surface area contributed by atoms with Crippen molar-refractivity contribution in [1.29, 1.82) is 0 Å². The van der Waals surface area contributed by atoms with Gasteiger partial charge in [-0.1, -0.05) is 0 Å². The Bertz CT molecular complexity index is 173. The standard InChI is InChI=1S/C9H18N2O/c1-11(2)7-3-4-8(12)9(10)5-6-9/h3-7,10H2,1-2H3. The molecule has 2 N–H and O–H groups in total. The maximum Gasteiger partial charge on any atom is 0.152 e. The van der Waals surface area contributed by atoms with Crippen LogP contribution in [0.3, 0.4) is 0 Å². The first-order valence-electron chi connectivity index (χ1n) is 4.51. The third kappa shape index (κ3) is 2.57. The summed E-state index contributed by atoms with van der Waals surface area (Å²) in [6.45, 7) is 0.974. The number of nitrogens with two attached hydrogens (primary N) is 1. The molecule has 1 saturated carbocycles. The number of carbonyl (C=O) groups excluding carboxylic acids is 1. The maximum absolute atomic E-state index is 11.4. The molecule has 0 unspecified atom stereocenters. The molecule has 0 saturated heterocycles. The highest BCUT2D eigenvalue weighted by molar-refractivity contribution is 5.90. The van der Waals surface area contributed by atoms with Crippen LogP contribution in [0.15, 0.2) is 0 Å². The molecule has 0 spiro atoms. The molecule has 3 nitrogen and oxygen atoms in total. The summed E-state index contributed by atoms with van der Waals surface area (Å²) < 4.78 is 0. The fraction of sp³-hybridized carbons (Fsp3) is 0.889. The van der Waals surface area contributed by atoms with Gasteiger partial charge in [0.1, 0.15) is 0 Å². The van der Waals surface area contributed by atoms with Crippen LogP contribution in [-0.4, -0.2) is 36.9 Å². The smallest absolute Gasteiger partial charge is 0.152 e. The molecule has 1 aliphatic carbocycles. The fourth-order valence-corrected chi connectivity index (χ4v) is 1.22. The highest BCUT2D eigenvalue weighted by atomic mass is 16.1. The van der Waals surface area contributed by atoms with Crippen LogP contribution in [0.2, 0.25) is 0 Å². The second-order valence-corrected chi connectivity index (χ2v) is 3.99. The number of hydrogen-bond donors (Lipinski definition) is 1. The topological polar surface area (TPSA) is 46.3 Å². The molecule has 0 heterocycles. The monoisotopic (exact) mass is 170 g/mol. The van der Waals surface area contributed by atoms with Crippen LogP contribution >= 0.6 is 0 Å². The van der Waals surface area contributed by atoms with E-state index in [4.69, 9.17) is 5.73 Å². The number of rotatable bonds is 5. The van der Waals surface area contributed by atoms with Crippen LogP contribution in [0.1, 0.15) is 25.7 Å². The summed E-state index contributed by atoms with van der Waals surface area (Å²) in [6.07, 6.45) is 3.38. The Morgan fingerprint density at radius 3 is 2.50 bits per heavy atom. The molecule has 0 aromatic carbocycles. The van der Waals surface area contributed by atoms with E-state index in [1.807, 2.05) is 14.1 Å². The Balaban J connectivity index is 2.11. The predicted octanol–water partition coefficient (Wildman–Crippen LogP) is 0.389. The van der Waals surface area contributed by atoms with Crippen molar-refractivity contribution < 1.29 is 4.79 Å². The predicted molar refractivity (Wildman–Crippen MR) is 48.9 cm³/mol. The van der Waals surface area contributed by atoms with Gasteiger partial charge < -0.3 is 10.6 Å². The summed E-state index contributed by atoms with van der Waals surface area (Å²) in [5.74, 6) is 0.254. The van der Waals surface area contributed by atoms with E-state index in [0.29, 0.717) is 6.42 Å². The largest absolute Gasteiger partial charge is 0.319 e. The van der Waals surface area contributed by atoms with Gasteiger partial charge in [0.2, 0.25) is 0 Å². The van der Waals surface area contributed by atoms with Gasteiger partial charge in [0.25, 0.3) is 0 Å². The highest BCUT2D eigenvalue weighted by Crippen LogP contribution is 2.34. The Labute approximate surface area is 73.9 Å². The number of ketones is 1. The Hall–Kier alpha value is -0.410. The molecular formula is C9H18N2O. The minimum absolute atomic E-state index is 0.254. The van der Waals surface area contributed by atoms with Crippen molar-refractivity contribution in [2.75, 3.05) is 20.6 Å². The summed E-state index contributed by atoms with van der Waals surface area (Å²) in [5.41, 5.74) is 5.33. The van der Waals surface area contributed by atoms with E-state index in [-0.39, 0.29) is 5.78 Å². The lowest BCUT2D eigenvalue weighted by molar-refractivity contribution is -0.121. The summed E-state index contributed by atoms with van der Waals surface area (Å²) in [4.78, 5) is 13.5. The van der Waals surface area contributed by atoms with Crippen molar-refractivity contribution in [3.8, 4) is 0 Å². The van der Waals surface area contributed by atoms with Gasteiger partial charge in [-0.3, -0.25) is 4.79 Å². The van der Waals surface area contributed by atoms with Crippen LogP contribution < -0.4 is 5.73 Å². The molecule has 0 bridgehead atoms. The van der Waals surface area contributed by atoms with Crippen molar-refractivity contribution in [3.63, 3.8) is 0 Å². The molecule has 1 aliphatic rings. The average Bonchev–Trinajstić information content (AvgIpc) is 2.68. The van der Waals surface area contributed by atoms with Gasteiger partial charge >= 0.3 is 0 Å². The molecule has 0 atom stereocenters. The molecule has 0 radical (unpaired) electrons. The molecule has 0 aromatic rings. The second kappa shape index (κ2) is 3.54. The summed E-state index contributed by atoms with van der Waals surface area (Å²) in [7, 11) is 4.03. The quantitative estimate of drug-likeness (QED) is 0.649. The van der Waals surface area contributed by atoms with E-state index in [9.17, 15) is 4.79 Å². The zero-order valence-electron chi connectivity index (χ0n) is 7.97. The number of nitrogens with zero attached hydrogens (tertiary/aromatic N) is 1. The maximum atomic E-state index is 11.4. The lowest BCUT2D eigenvalue weighted by Crippen LogP contribution is -2.33. The Kier molecular flexibility index (Phi) is 2.85. The van der Waals surface area contributed by atoms with Gasteiger partial charge in [-0.25, -0.2) is 0 Å². The van der Waals surface area contributed by atoms with Crippen molar-refractivity contribution in [2.45, 2.75) is 31.2 Å². The van der Waals surface area contributed by atoms with Crippen LogP contribution in [0.4, 0.5) is 0 Å². The molecule has 0 aliphatic heterocycles. The van der Waals surface area contributed by atoms with Gasteiger partial charge in [-0.05, 0) is 39.9 Å². The molecule has 1 rings (SSSR count). The van der Waals surface area contributed by atoms with Gasteiger partial charge in [0.05, 0.1) is 5.54 Å². The van der Waals surface area contributed by atoms with Crippen LogP contribution in [0, 0.1) is 0 Å². The minimum atomic E-state index is -0.410. The summed E-state index contributed by atoms with van der Waals surface area (Å²) >= 11 is 0. The van der Waals surface area contributed by atoms with Gasteiger partial charge in [-0.2, -0.15) is 0 Å². The number of hydrogen-bond acceptors (Lipinski definition) is 3. The van der Waals surface area contributed by atoms with Crippen LogP contribution in [0.5, 0.6) is 0 Å². The Morgan fingerprint density at radius 2 is 2.08 bits per heavy atom. The van der Waals surface area contributed by atoms with Gasteiger partial charge in [0, 0.05) is 6.42 Å². The first kappa shape index (κ1) is 9.68. The fourth-order valence-electron chi connectivity index (χ4n) is 1.22. The van der Waals surface area contributed by atoms with E-state index in [0.717, 1.165) is 25.8 Å². The SMILES string of the molecule is CN(C)CCCC(=O)C1(N)CC1. The number of Topliss-reactive ketones (excluding diaryl/α,β-unsaturated/α-hetero) is 1. The molecule has 0 aromatic heterocycles. The normalized spacial score (nSPS) is 19.7. The van der Waals surface area contributed by atoms with Crippen molar-refractivity contribution in [3.05, 3.63) is 0 Å². The van der Waals surface area contributed by atoms with E-state index in [1.165, 1.54) is 0 Å². The average molecular weight is 170 g/mol. The third-order valence-electron chi connectivity index (χ3n) is 2.35. The van der Waals surface area contributed by atoms with Crippen molar-refractivity contribution in [2.24, 2.45) is 5.73 Å². The van der Waals surface area contributed by atoms with Crippen LogP contribution in [-0.2, 0) is 4.79 Å². The van der Waals surface area contributed by atoms with E-state index in [1.54, 1.807) is 0 Å². The first-order chi connectivity index (χ1) is 5.54. The summed E-state index contributed by atoms with van der Waals surface area (Å²) in [5, 5.41) is 0. The minimum Gasteiger partial charge on any atom is -0.319 e. The van der Waals surface area contributed by atoms with Gasteiger partial charge in [-0.15, -0.1) is 0 Å². The molecule has 1 fully saturated rings. The van der Waals surface area contributed by atoms with E-state index in [2.05, 4.69) is 4.90 Å². The Morgan fingerprint density at radius 1 is 1.50 bits per heavy atom. The third-order valence-corrected chi connectivity index (χ3v) is 2.35. The van der Waals surface area contributed by atoms with Crippen LogP contribution in [0.25, 0.3) is 0 Å². The molecule has 12 heavy (non-hydrogen) atoms. The van der Waals surface area contributed by atoms with Crippen molar-refractivity contribution >= 4 is 5.78 Å². The lowest BCUT2D eigenvalue weighted by Gasteiger charge is -2.10. The second-order valence-electron chi connectivity index (χ2n) is 3.99. The highest BCUT2D eigenvalue weighted by Gasteiger charge is 2.44. The number of carbonyl (C=O) groups is 1.